The molecule has 4 heteroatoms. The van der Waals surface area contributed by atoms with Crippen LogP contribution in [0.3, 0.4) is 0 Å². The Morgan fingerprint density at radius 2 is 1.87 bits per heavy atom. The third-order valence-corrected chi connectivity index (χ3v) is 1.94. The van der Waals surface area contributed by atoms with Gasteiger partial charge in [-0.05, 0) is 38.1 Å². The molecule has 0 spiro atoms. The maximum atomic E-state index is 10.6. The predicted octanol–water partition coefficient (Wildman–Crippen LogP) is -0.493. The summed E-state index contributed by atoms with van der Waals surface area (Å²) < 4.78 is 5.43. The number of carboxylic acids is 1. The van der Waals surface area contributed by atoms with Crippen LogP contribution in [0.15, 0.2) is 24.3 Å². The average Bonchev–Trinajstić information content (AvgIpc) is 2.17. The summed E-state index contributed by atoms with van der Waals surface area (Å²) in [6.45, 7) is 3.86. The Balaban J connectivity index is 2.76. The smallest absolute Gasteiger partial charge is 0.150 e. The van der Waals surface area contributed by atoms with Crippen LogP contribution in [0, 0.1) is 0 Å². The second kappa shape index (κ2) is 4.79. The second-order valence-corrected chi connectivity index (χ2v) is 3.61. The summed E-state index contributed by atoms with van der Waals surface area (Å²) in [4.78, 5) is 10.6. The Labute approximate surface area is 88.7 Å². The van der Waals surface area contributed by atoms with Crippen LogP contribution in [-0.2, 0) is 4.79 Å². The minimum absolute atomic E-state index is 0.104. The first-order valence-electron chi connectivity index (χ1n) is 4.81. The van der Waals surface area contributed by atoms with E-state index in [9.17, 15) is 9.90 Å². The minimum Gasteiger partial charge on any atom is -0.544 e. The van der Waals surface area contributed by atoms with Gasteiger partial charge in [-0.1, -0.05) is 0 Å². The van der Waals surface area contributed by atoms with Crippen LogP contribution in [0.25, 0.3) is 0 Å². The maximum Gasteiger partial charge on any atom is 0.150 e. The third-order valence-electron chi connectivity index (χ3n) is 1.94. The Kier molecular flexibility index (Phi) is 3.68. The monoisotopic (exact) mass is 209 g/mol. The standard InChI is InChI=1S/C11H15NO3/c1-7(2)15-9-5-3-8(4-6-9)10(12)11(13)14/h3-7,10H,12H2,1-2H3,(H,13,14)/t10-/m1/s1. The summed E-state index contributed by atoms with van der Waals surface area (Å²) >= 11 is 0. The van der Waals surface area contributed by atoms with Gasteiger partial charge in [0.2, 0.25) is 0 Å². The fraction of sp³-hybridized carbons (Fsp3) is 0.364. The summed E-state index contributed by atoms with van der Waals surface area (Å²) in [5.74, 6) is -0.452. The number of carboxylic acid groups (broad SMARTS) is 1. The fourth-order valence-electron chi connectivity index (χ4n) is 1.19. The summed E-state index contributed by atoms with van der Waals surface area (Å²) in [5.41, 5.74) is 4.11. The van der Waals surface area contributed by atoms with Gasteiger partial charge in [0.05, 0.1) is 6.10 Å². The van der Waals surface area contributed by atoms with Crippen molar-refractivity contribution in [1.29, 1.82) is 0 Å². The normalized spacial score (nSPS) is 12.5. The Hall–Kier alpha value is -1.55. The molecular formula is C11H15NO3. The molecule has 0 saturated carbocycles. The molecule has 0 aliphatic heterocycles. The SMILES string of the molecule is CC(C)Oc1ccc([C@@H]([NH3+])C(=O)[O-])cc1. The van der Waals surface area contributed by atoms with Crippen LogP contribution in [0.1, 0.15) is 25.5 Å². The number of ether oxygens (including phenoxy) is 1. The van der Waals surface area contributed by atoms with E-state index in [0.717, 1.165) is 5.75 Å². The Bertz CT molecular complexity index is 332. The zero-order valence-electron chi connectivity index (χ0n) is 8.90. The number of quaternary nitrogens is 1. The van der Waals surface area contributed by atoms with Crippen LogP contribution in [-0.4, -0.2) is 12.1 Å². The summed E-state index contributed by atoms with van der Waals surface area (Å²) in [5, 5.41) is 10.6. The Morgan fingerprint density at radius 1 is 1.33 bits per heavy atom. The van der Waals surface area contributed by atoms with Crippen LogP contribution < -0.4 is 15.6 Å². The molecule has 0 amide bonds. The molecule has 1 aromatic rings. The molecule has 3 N–H and O–H groups in total. The van der Waals surface area contributed by atoms with Gasteiger partial charge in [0, 0.05) is 5.56 Å². The average molecular weight is 209 g/mol. The number of carbonyl (C=O) groups is 1. The van der Waals surface area contributed by atoms with Crippen molar-refractivity contribution in [3.8, 4) is 5.75 Å². The van der Waals surface area contributed by atoms with Crippen molar-refractivity contribution in [2.24, 2.45) is 0 Å². The molecule has 1 aromatic carbocycles. The van der Waals surface area contributed by atoms with Crippen molar-refractivity contribution in [3.63, 3.8) is 0 Å². The van der Waals surface area contributed by atoms with E-state index in [1.165, 1.54) is 0 Å². The first kappa shape index (κ1) is 11.5. The van der Waals surface area contributed by atoms with Gasteiger partial charge < -0.3 is 20.4 Å². The van der Waals surface area contributed by atoms with Crippen molar-refractivity contribution < 1.29 is 20.4 Å². The van der Waals surface area contributed by atoms with Crippen LogP contribution >= 0.6 is 0 Å². The molecule has 0 saturated heterocycles. The highest BCUT2D eigenvalue weighted by molar-refractivity contribution is 5.71. The highest BCUT2D eigenvalue weighted by Crippen LogP contribution is 2.16. The second-order valence-electron chi connectivity index (χ2n) is 3.61. The molecule has 0 unspecified atom stereocenters. The Morgan fingerprint density at radius 3 is 2.27 bits per heavy atom. The quantitative estimate of drug-likeness (QED) is 0.726. The number of carbonyl (C=O) groups excluding carboxylic acids is 1. The van der Waals surface area contributed by atoms with Crippen LogP contribution in [0.4, 0.5) is 0 Å². The van der Waals surface area contributed by atoms with E-state index in [4.69, 9.17) is 4.74 Å². The molecule has 15 heavy (non-hydrogen) atoms. The molecule has 0 aromatic heterocycles. The summed E-state index contributed by atoms with van der Waals surface area (Å²) in [6.07, 6.45) is 0.104. The molecule has 0 heterocycles. The first-order valence-corrected chi connectivity index (χ1v) is 4.81. The number of hydrogen-bond donors (Lipinski definition) is 1. The van der Waals surface area contributed by atoms with E-state index >= 15 is 0 Å². The lowest BCUT2D eigenvalue weighted by atomic mass is 10.1. The zero-order chi connectivity index (χ0) is 11.4. The molecule has 82 valence electrons. The molecular weight excluding hydrogens is 194 g/mol. The largest absolute Gasteiger partial charge is 0.544 e. The number of rotatable bonds is 4. The van der Waals surface area contributed by atoms with E-state index < -0.39 is 12.0 Å². The lowest BCUT2D eigenvalue weighted by Gasteiger charge is -2.12. The molecule has 0 aliphatic rings. The van der Waals surface area contributed by atoms with Gasteiger partial charge >= 0.3 is 0 Å². The van der Waals surface area contributed by atoms with Gasteiger partial charge in [-0.2, -0.15) is 0 Å². The van der Waals surface area contributed by atoms with Crippen molar-refractivity contribution in [1.82, 2.24) is 0 Å². The van der Waals surface area contributed by atoms with E-state index in [1.807, 2.05) is 13.8 Å². The van der Waals surface area contributed by atoms with E-state index in [-0.39, 0.29) is 6.10 Å². The van der Waals surface area contributed by atoms with Crippen LogP contribution in [0.5, 0.6) is 5.75 Å². The van der Waals surface area contributed by atoms with Crippen molar-refractivity contribution in [3.05, 3.63) is 29.8 Å². The molecule has 0 aliphatic carbocycles. The van der Waals surface area contributed by atoms with E-state index in [1.54, 1.807) is 24.3 Å². The molecule has 1 rings (SSSR count). The van der Waals surface area contributed by atoms with Crippen molar-refractivity contribution in [2.45, 2.75) is 26.0 Å². The highest BCUT2D eigenvalue weighted by Gasteiger charge is 2.10. The van der Waals surface area contributed by atoms with Gasteiger partial charge in [0.25, 0.3) is 0 Å². The van der Waals surface area contributed by atoms with Gasteiger partial charge in [-0.25, -0.2) is 0 Å². The summed E-state index contributed by atoms with van der Waals surface area (Å²) in [6, 6.07) is 6.00. The van der Waals surface area contributed by atoms with Gasteiger partial charge in [0.1, 0.15) is 11.7 Å². The van der Waals surface area contributed by atoms with Crippen molar-refractivity contribution in [2.75, 3.05) is 0 Å². The topological polar surface area (TPSA) is 77.0 Å². The lowest BCUT2D eigenvalue weighted by molar-refractivity contribution is -0.443. The molecule has 0 radical (unpaired) electrons. The van der Waals surface area contributed by atoms with Crippen LogP contribution in [0.2, 0.25) is 0 Å². The first-order chi connectivity index (χ1) is 7.00. The highest BCUT2D eigenvalue weighted by atomic mass is 16.5. The molecule has 4 nitrogen and oxygen atoms in total. The maximum absolute atomic E-state index is 10.6. The molecule has 0 bridgehead atoms. The zero-order valence-corrected chi connectivity index (χ0v) is 8.90. The predicted molar refractivity (Wildman–Crippen MR) is 52.8 cm³/mol. The van der Waals surface area contributed by atoms with E-state index in [2.05, 4.69) is 5.73 Å². The lowest BCUT2D eigenvalue weighted by Crippen LogP contribution is -2.60. The summed E-state index contributed by atoms with van der Waals surface area (Å²) in [7, 11) is 0. The van der Waals surface area contributed by atoms with Crippen molar-refractivity contribution >= 4 is 5.97 Å². The van der Waals surface area contributed by atoms with Gasteiger partial charge in [-0.3, -0.25) is 0 Å². The number of aliphatic carboxylic acids is 1. The van der Waals surface area contributed by atoms with Gasteiger partial charge in [0.15, 0.2) is 6.04 Å². The minimum atomic E-state index is -1.17. The van der Waals surface area contributed by atoms with Gasteiger partial charge in [-0.15, -0.1) is 0 Å². The number of benzene rings is 1. The molecule has 1 atom stereocenters. The fourth-order valence-corrected chi connectivity index (χ4v) is 1.19. The molecule has 0 fully saturated rings. The third kappa shape index (κ3) is 3.25. The van der Waals surface area contributed by atoms with E-state index in [0.29, 0.717) is 5.56 Å². The number of hydrogen-bond acceptors (Lipinski definition) is 3.